The maximum Gasteiger partial charge on any atom is 0.0319 e. The van der Waals surface area contributed by atoms with Crippen LogP contribution in [0.5, 0.6) is 0 Å². The molecule has 2 unspecified atom stereocenters. The summed E-state index contributed by atoms with van der Waals surface area (Å²) in [7, 11) is 1.00. The molecule has 3 N–H and O–H groups in total. The Labute approximate surface area is 63.4 Å². The minimum atomic E-state index is 0.513. The van der Waals surface area contributed by atoms with Crippen molar-refractivity contribution in [3.05, 3.63) is 0 Å². The molecular weight excluding hydrogens is 126 g/mol. The average molecular weight is 145 g/mol. The lowest BCUT2D eigenvalue weighted by atomic mass is 9.88. The number of hydrogen-bond acceptors (Lipinski definition) is 2. The van der Waals surface area contributed by atoms with Crippen LogP contribution >= 0.6 is 0 Å². The highest BCUT2D eigenvalue weighted by Crippen LogP contribution is 2.21. The number of aliphatic hydroxyl groups is 1. The molecule has 0 heterocycles. The SMILES string of the molecule is CC1CCCC(N)C1.CO. The van der Waals surface area contributed by atoms with Crippen molar-refractivity contribution in [2.24, 2.45) is 11.7 Å². The predicted molar refractivity (Wildman–Crippen MR) is 43.8 cm³/mol. The van der Waals surface area contributed by atoms with E-state index in [2.05, 4.69) is 6.92 Å². The summed E-state index contributed by atoms with van der Waals surface area (Å²) in [4.78, 5) is 0. The van der Waals surface area contributed by atoms with Crippen LogP contribution in [-0.4, -0.2) is 18.3 Å². The topological polar surface area (TPSA) is 46.2 Å². The minimum Gasteiger partial charge on any atom is -0.400 e. The number of nitrogens with two attached hydrogens (primary N) is 1. The van der Waals surface area contributed by atoms with Crippen molar-refractivity contribution >= 4 is 0 Å². The molecule has 2 heteroatoms. The maximum atomic E-state index is 7.00. The van der Waals surface area contributed by atoms with Gasteiger partial charge in [-0.2, -0.15) is 0 Å². The van der Waals surface area contributed by atoms with E-state index in [-0.39, 0.29) is 0 Å². The van der Waals surface area contributed by atoms with Gasteiger partial charge in [-0.05, 0) is 18.8 Å². The molecule has 0 aromatic carbocycles. The smallest absolute Gasteiger partial charge is 0.0319 e. The van der Waals surface area contributed by atoms with E-state index in [1.54, 1.807) is 0 Å². The zero-order chi connectivity index (χ0) is 7.98. The van der Waals surface area contributed by atoms with Crippen LogP contribution in [0.4, 0.5) is 0 Å². The quantitative estimate of drug-likeness (QED) is 0.537. The third-order valence-corrected chi connectivity index (χ3v) is 1.98. The first-order valence-corrected chi connectivity index (χ1v) is 3.99. The highest BCUT2D eigenvalue weighted by Gasteiger charge is 2.13. The van der Waals surface area contributed by atoms with Gasteiger partial charge in [0.25, 0.3) is 0 Å². The van der Waals surface area contributed by atoms with Crippen LogP contribution in [0.15, 0.2) is 0 Å². The standard InChI is InChI=1S/C7H15N.CH4O/c1-6-3-2-4-7(8)5-6;1-2/h6-7H,2-5,8H2,1H3;2H,1H3. The van der Waals surface area contributed by atoms with E-state index >= 15 is 0 Å². The molecule has 62 valence electrons. The molecule has 1 rings (SSSR count). The highest BCUT2D eigenvalue weighted by molar-refractivity contribution is 4.71. The Balaban J connectivity index is 0.000000371. The van der Waals surface area contributed by atoms with Crippen molar-refractivity contribution in [3.8, 4) is 0 Å². The lowest BCUT2D eigenvalue weighted by Gasteiger charge is -2.22. The Morgan fingerprint density at radius 3 is 2.20 bits per heavy atom. The number of aliphatic hydroxyl groups excluding tert-OH is 1. The second-order valence-corrected chi connectivity index (χ2v) is 3.03. The van der Waals surface area contributed by atoms with Crippen LogP contribution in [0.1, 0.15) is 32.6 Å². The van der Waals surface area contributed by atoms with Gasteiger partial charge in [0.2, 0.25) is 0 Å². The number of rotatable bonds is 0. The van der Waals surface area contributed by atoms with Gasteiger partial charge < -0.3 is 10.8 Å². The summed E-state index contributed by atoms with van der Waals surface area (Å²) < 4.78 is 0. The summed E-state index contributed by atoms with van der Waals surface area (Å²) >= 11 is 0. The molecular formula is C8H19NO. The zero-order valence-electron chi connectivity index (χ0n) is 7.01. The summed E-state index contributed by atoms with van der Waals surface area (Å²) in [5.74, 6) is 0.888. The summed E-state index contributed by atoms with van der Waals surface area (Å²) in [6.45, 7) is 2.29. The largest absolute Gasteiger partial charge is 0.400 e. The van der Waals surface area contributed by atoms with Gasteiger partial charge in [0, 0.05) is 13.2 Å². The Bertz CT molecular complexity index is 67.7. The van der Waals surface area contributed by atoms with Gasteiger partial charge in [0.05, 0.1) is 0 Å². The molecule has 0 radical (unpaired) electrons. The van der Waals surface area contributed by atoms with Gasteiger partial charge in [-0.15, -0.1) is 0 Å². The van der Waals surface area contributed by atoms with Crippen LogP contribution in [0.3, 0.4) is 0 Å². The zero-order valence-corrected chi connectivity index (χ0v) is 7.01. The lowest BCUT2D eigenvalue weighted by Crippen LogP contribution is -2.26. The van der Waals surface area contributed by atoms with E-state index in [0.29, 0.717) is 6.04 Å². The van der Waals surface area contributed by atoms with Crippen LogP contribution in [-0.2, 0) is 0 Å². The molecule has 1 aliphatic rings. The Morgan fingerprint density at radius 2 is 1.90 bits per heavy atom. The Hall–Kier alpha value is -0.0800. The molecule has 0 saturated heterocycles. The molecule has 0 aliphatic heterocycles. The van der Waals surface area contributed by atoms with E-state index in [1.807, 2.05) is 0 Å². The fourth-order valence-corrected chi connectivity index (χ4v) is 1.48. The van der Waals surface area contributed by atoms with Crippen LogP contribution in [0.25, 0.3) is 0 Å². The van der Waals surface area contributed by atoms with Crippen molar-refractivity contribution < 1.29 is 5.11 Å². The summed E-state index contributed by atoms with van der Waals surface area (Å²) in [6.07, 6.45) is 5.25. The van der Waals surface area contributed by atoms with Crippen molar-refractivity contribution in [3.63, 3.8) is 0 Å². The minimum absolute atomic E-state index is 0.513. The lowest BCUT2D eigenvalue weighted by molar-refractivity contribution is 0.344. The Kier molecular flexibility index (Phi) is 5.64. The third-order valence-electron chi connectivity index (χ3n) is 1.98. The van der Waals surface area contributed by atoms with Crippen molar-refractivity contribution in [1.82, 2.24) is 0 Å². The van der Waals surface area contributed by atoms with E-state index in [4.69, 9.17) is 10.8 Å². The molecule has 2 nitrogen and oxygen atoms in total. The Morgan fingerprint density at radius 1 is 1.30 bits per heavy atom. The molecule has 10 heavy (non-hydrogen) atoms. The van der Waals surface area contributed by atoms with Crippen LogP contribution < -0.4 is 5.73 Å². The van der Waals surface area contributed by atoms with Gasteiger partial charge in [-0.1, -0.05) is 19.8 Å². The van der Waals surface area contributed by atoms with Gasteiger partial charge in [-0.25, -0.2) is 0 Å². The molecule has 2 atom stereocenters. The first-order valence-electron chi connectivity index (χ1n) is 3.99. The van der Waals surface area contributed by atoms with Gasteiger partial charge in [0.15, 0.2) is 0 Å². The molecule has 1 saturated carbocycles. The maximum absolute atomic E-state index is 7.00. The number of hydrogen-bond donors (Lipinski definition) is 2. The molecule has 0 aromatic heterocycles. The second-order valence-electron chi connectivity index (χ2n) is 3.03. The predicted octanol–water partition coefficient (Wildman–Crippen LogP) is 1.13. The van der Waals surface area contributed by atoms with Gasteiger partial charge >= 0.3 is 0 Å². The van der Waals surface area contributed by atoms with Crippen LogP contribution in [0, 0.1) is 5.92 Å². The van der Waals surface area contributed by atoms with Crippen molar-refractivity contribution in [2.75, 3.05) is 7.11 Å². The summed E-state index contributed by atoms with van der Waals surface area (Å²) in [5, 5.41) is 7.00. The van der Waals surface area contributed by atoms with E-state index in [1.165, 1.54) is 25.7 Å². The molecule has 0 amide bonds. The fourth-order valence-electron chi connectivity index (χ4n) is 1.48. The third kappa shape index (κ3) is 3.85. The molecule has 0 spiro atoms. The van der Waals surface area contributed by atoms with Gasteiger partial charge in [-0.3, -0.25) is 0 Å². The van der Waals surface area contributed by atoms with Crippen molar-refractivity contribution in [2.45, 2.75) is 38.6 Å². The average Bonchev–Trinajstić information content (AvgIpc) is 1.91. The molecule has 0 bridgehead atoms. The normalized spacial score (nSPS) is 32.4. The highest BCUT2D eigenvalue weighted by atomic mass is 16.2. The van der Waals surface area contributed by atoms with E-state index < -0.39 is 0 Å². The van der Waals surface area contributed by atoms with Crippen molar-refractivity contribution in [1.29, 1.82) is 0 Å². The molecule has 0 aromatic rings. The second kappa shape index (κ2) is 5.69. The first-order chi connectivity index (χ1) is 4.79. The van der Waals surface area contributed by atoms with E-state index in [0.717, 1.165) is 13.0 Å². The summed E-state index contributed by atoms with van der Waals surface area (Å²) in [6, 6.07) is 0.513. The fraction of sp³-hybridized carbons (Fsp3) is 1.00. The monoisotopic (exact) mass is 145 g/mol. The molecule has 1 aliphatic carbocycles. The van der Waals surface area contributed by atoms with Gasteiger partial charge in [0.1, 0.15) is 0 Å². The molecule has 1 fully saturated rings. The van der Waals surface area contributed by atoms with E-state index in [9.17, 15) is 0 Å². The first kappa shape index (κ1) is 9.92. The summed E-state index contributed by atoms with van der Waals surface area (Å²) in [5.41, 5.74) is 5.73. The van der Waals surface area contributed by atoms with Crippen LogP contribution in [0.2, 0.25) is 0 Å².